The number of ether oxygens (including phenoxy) is 1. The minimum absolute atomic E-state index is 0.0985. The molecular weight excluding hydrogens is 321 g/mol. The number of esters is 1. The molecule has 0 amide bonds. The van der Waals surface area contributed by atoms with Gasteiger partial charge in [0.2, 0.25) is 0 Å². The lowest BCUT2D eigenvalue weighted by Gasteiger charge is -2.01. The summed E-state index contributed by atoms with van der Waals surface area (Å²) in [7, 11) is 0. The molecule has 0 fully saturated rings. The lowest BCUT2D eigenvalue weighted by atomic mass is 10.3. The second-order valence-electron chi connectivity index (χ2n) is 3.71. The summed E-state index contributed by atoms with van der Waals surface area (Å²) in [5.74, 6) is -0.258. The molecule has 2 rings (SSSR count). The van der Waals surface area contributed by atoms with E-state index in [0.717, 1.165) is 9.90 Å². The SMILES string of the molecule is CCOC(=O)c1csc(CSc2ccc(F)c(Cl)c2)n1. The van der Waals surface area contributed by atoms with Crippen molar-refractivity contribution < 1.29 is 13.9 Å². The molecule has 1 aromatic carbocycles. The number of nitrogens with zero attached hydrogens (tertiary/aromatic N) is 1. The van der Waals surface area contributed by atoms with Crippen molar-refractivity contribution in [2.45, 2.75) is 17.6 Å². The molecule has 0 aliphatic rings. The first-order chi connectivity index (χ1) is 9.60. The van der Waals surface area contributed by atoms with Crippen LogP contribution in [0.2, 0.25) is 5.02 Å². The number of benzene rings is 1. The van der Waals surface area contributed by atoms with E-state index < -0.39 is 11.8 Å². The van der Waals surface area contributed by atoms with Crippen molar-refractivity contribution >= 4 is 40.7 Å². The lowest BCUT2D eigenvalue weighted by Crippen LogP contribution is -2.04. The van der Waals surface area contributed by atoms with Crippen LogP contribution >= 0.6 is 34.7 Å². The maximum Gasteiger partial charge on any atom is 0.357 e. The zero-order chi connectivity index (χ0) is 14.5. The van der Waals surface area contributed by atoms with Crippen LogP contribution in [0.15, 0.2) is 28.5 Å². The van der Waals surface area contributed by atoms with Gasteiger partial charge in [-0.2, -0.15) is 0 Å². The largest absolute Gasteiger partial charge is 0.461 e. The van der Waals surface area contributed by atoms with Gasteiger partial charge in [-0.1, -0.05) is 11.6 Å². The fourth-order valence-electron chi connectivity index (χ4n) is 1.39. The maximum absolute atomic E-state index is 13.0. The number of aromatic nitrogens is 1. The Morgan fingerprint density at radius 2 is 2.35 bits per heavy atom. The average molecular weight is 332 g/mol. The molecule has 0 saturated heterocycles. The number of hydrogen-bond acceptors (Lipinski definition) is 5. The highest BCUT2D eigenvalue weighted by atomic mass is 35.5. The summed E-state index contributed by atoms with van der Waals surface area (Å²) in [4.78, 5) is 16.5. The third kappa shape index (κ3) is 3.94. The number of halogens is 2. The number of thiazole rings is 1. The Morgan fingerprint density at radius 3 is 3.05 bits per heavy atom. The van der Waals surface area contributed by atoms with Gasteiger partial charge < -0.3 is 4.74 Å². The van der Waals surface area contributed by atoms with Crippen LogP contribution in [-0.4, -0.2) is 17.6 Å². The van der Waals surface area contributed by atoms with E-state index in [-0.39, 0.29) is 5.02 Å². The summed E-state index contributed by atoms with van der Waals surface area (Å²) in [5.41, 5.74) is 0.324. The first kappa shape index (κ1) is 15.3. The predicted molar refractivity (Wildman–Crippen MR) is 79.0 cm³/mol. The molecule has 7 heteroatoms. The van der Waals surface area contributed by atoms with Crippen molar-refractivity contribution in [3.63, 3.8) is 0 Å². The standard InChI is InChI=1S/C13H11ClFNO2S2/c1-2-18-13(17)11-6-20-12(16-11)7-19-8-3-4-10(15)9(14)5-8/h3-6H,2,7H2,1H3. The molecule has 20 heavy (non-hydrogen) atoms. The van der Waals surface area contributed by atoms with Gasteiger partial charge in [0.05, 0.1) is 17.4 Å². The van der Waals surface area contributed by atoms with Gasteiger partial charge >= 0.3 is 5.97 Å². The number of carbonyl (C=O) groups is 1. The van der Waals surface area contributed by atoms with E-state index >= 15 is 0 Å². The smallest absolute Gasteiger partial charge is 0.357 e. The van der Waals surface area contributed by atoms with Crippen molar-refractivity contribution in [2.75, 3.05) is 6.61 Å². The summed E-state index contributed by atoms with van der Waals surface area (Å²) >= 11 is 8.58. The van der Waals surface area contributed by atoms with Crippen LogP contribution in [0.1, 0.15) is 22.4 Å². The summed E-state index contributed by atoms with van der Waals surface area (Å²) < 4.78 is 17.9. The zero-order valence-corrected chi connectivity index (χ0v) is 12.9. The van der Waals surface area contributed by atoms with E-state index in [1.54, 1.807) is 24.4 Å². The molecule has 1 aromatic heterocycles. The Kier molecular flexibility index (Phi) is 5.39. The molecule has 106 valence electrons. The lowest BCUT2D eigenvalue weighted by molar-refractivity contribution is 0.0520. The molecule has 0 aliphatic carbocycles. The van der Waals surface area contributed by atoms with Gasteiger partial charge in [-0.05, 0) is 25.1 Å². The molecule has 0 unspecified atom stereocenters. The van der Waals surface area contributed by atoms with E-state index in [4.69, 9.17) is 16.3 Å². The molecule has 0 spiro atoms. The molecule has 3 nitrogen and oxygen atoms in total. The second kappa shape index (κ2) is 7.06. The molecule has 0 bridgehead atoms. The summed E-state index contributed by atoms with van der Waals surface area (Å²) in [6.45, 7) is 2.08. The minimum atomic E-state index is -0.435. The summed E-state index contributed by atoms with van der Waals surface area (Å²) in [6, 6.07) is 4.56. The highest BCUT2D eigenvalue weighted by Gasteiger charge is 2.11. The normalized spacial score (nSPS) is 10.6. The van der Waals surface area contributed by atoms with Gasteiger partial charge in [0, 0.05) is 10.3 Å². The molecule has 1 heterocycles. The van der Waals surface area contributed by atoms with Crippen LogP contribution in [0, 0.1) is 5.82 Å². The maximum atomic E-state index is 13.0. The number of rotatable bonds is 5. The zero-order valence-electron chi connectivity index (χ0n) is 10.6. The highest BCUT2D eigenvalue weighted by Crippen LogP contribution is 2.27. The monoisotopic (exact) mass is 331 g/mol. The molecule has 2 aromatic rings. The molecule has 0 radical (unpaired) electrons. The van der Waals surface area contributed by atoms with Crippen LogP contribution in [-0.2, 0) is 10.5 Å². The predicted octanol–water partition coefficient (Wildman–Crippen LogP) is 4.40. The van der Waals surface area contributed by atoms with Crippen LogP contribution in [0.5, 0.6) is 0 Å². The molecule has 0 aliphatic heterocycles. The second-order valence-corrected chi connectivity index (χ2v) is 6.11. The Labute approximate surface area is 129 Å². The number of thioether (sulfide) groups is 1. The van der Waals surface area contributed by atoms with Crippen molar-refractivity contribution in [3.8, 4) is 0 Å². The van der Waals surface area contributed by atoms with Gasteiger partial charge in [0.15, 0.2) is 5.69 Å². The fourth-order valence-corrected chi connectivity index (χ4v) is 3.35. The van der Waals surface area contributed by atoms with E-state index in [1.807, 2.05) is 0 Å². The van der Waals surface area contributed by atoms with Crippen molar-refractivity contribution in [1.82, 2.24) is 4.98 Å². The fraction of sp³-hybridized carbons (Fsp3) is 0.231. The van der Waals surface area contributed by atoms with Crippen LogP contribution in [0.25, 0.3) is 0 Å². The first-order valence-electron chi connectivity index (χ1n) is 5.79. The van der Waals surface area contributed by atoms with Crippen molar-refractivity contribution in [1.29, 1.82) is 0 Å². The molecule has 0 atom stereocenters. The topological polar surface area (TPSA) is 39.2 Å². The Bertz CT molecular complexity index is 618. The Morgan fingerprint density at radius 1 is 1.55 bits per heavy atom. The van der Waals surface area contributed by atoms with Crippen LogP contribution < -0.4 is 0 Å². The van der Waals surface area contributed by atoms with Crippen molar-refractivity contribution in [3.05, 3.63) is 45.1 Å². The van der Waals surface area contributed by atoms with Gasteiger partial charge in [-0.3, -0.25) is 0 Å². The number of carbonyl (C=O) groups excluding carboxylic acids is 1. The minimum Gasteiger partial charge on any atom is -0.461 e. The molecule has 0 N–H and O–H groups in total. The van der Waals surface area contributed by atoms with Gasteiger partial charge in [0.25, 0.3) is 0 Å². The van der Waals surface area contributed by atoms with Gasteiger partial charge in [-0.15, -0.1) is 23.1 Å². The highest BCUT2D eigenvalue weighted by molar-refractivity contribution is 7.98. The van der Waals surface area contributed by atoms with Crippen molar-refractivity contribution in [2.24, 2.45) is 0 Å². The summed E-state index contributed by atoms with van der Waals surface area (Å²) in [6.07, 6.45) is 0. The quantitative estimate of drug-likeness (QED) is 0.601. The first-order valence-corrected chi connectivity index (χ1v) is 8.04. The van der Waals surface area contributed by atoms with Gasteiger partial charge in [0.1, 0.15) is 10.8 Å². The molecule has 0 saturated carbocycles. The van der Waals surface area contributed by atoms with Crippen LogP contribution in [0.3, 0.4) is 0 Å². The van der Waals surface area contributed by atoms with E-state index in [0.29, 0.717) is 18.1 Å². The van der Waals surface area contributed by atoms with E-state index in [9.17, 15) is 9.18 Å². The summed E-state index contributed by atoms with van der Waals surface area (Å²) in [5, 5.41) is 2.57. The van der Waals surface area contributed by atoms with Gasteiger partial charge in [-0.25, -0.2) is 14.2 Å². The van der Waals surface area contributed by atoms with E-state index in [2.05, 4.69) is 4.98 Å². The van der Waals surface area contributed by atoms with E-state index in [1.165, 1.54) is 29.2 Å². The Hall–Kier alpha value is -1.11. The number of hydrogen-bond donors (Lipinski definition) is 0. The van der Waals surface area contributed by atoms with Crippen LogP contribution in [0.4, 0.5) is 4.39 Å². The average Bonchev–Trinajstić information content (AvgIpc) is 2.89. The third-order valence-corrected chi connectivity index (χ3v) is 4.62. The Balaban J connectivity index is 1.97. The molecular formula is C13H11ClFNO2S2. The third-order valence-electron chi connectivity index (χ3n) is 2.29.